The fraction of sp³-hybridized carbons (Fsp3) is 0.185. The van der Waals surface area contributed by atoms with E-state index in [1.54, 1.807) is 11.3 Å². The molecule has 0 aliphatic heterocycles. The molecule has 34 heavy (non-hydrogen) atoms. The summed E-state index contributed by atoms with van der Waals surface area (Å²) >= 11 is 1.62. The van der Waals surface area contributed by atoms with E-state index >= 15 is 0 Å². The molecule has 0 radical (unpaired) electrons. The van der Waals surface area contributed by atoms with Gasteiger partial charge in [-0.2, -0.15) is 0 Å². The van der Waals surface area contributed by atoms with E-state index in [4.69, 9.17) is 9.40 Å². The zero-order valence-corrected chi connectivity index (χ0v) is 19.2. The van der Waals surface area contributed by atoms with Crippen molar-refractivity contribution in [1.82, 2.24) is 20.5 Å². The molecule has 0 saturated heterocycles. The maximum atomic E-state index is 12.6. The zero-order chi connectivity index (χ0) is 22.9. The van der Waals surface area contributed by atoms with E-state index in [1.165, 1.54) is 22.3 Å². The smallest absolute Gasteiger partial charge is 0.229 e. The van der Waals surface area contributed by atoms with Crippen LogP contribution in [0, 0.1) is 0 Å². The summed E-state index contributed by atoms with van der Waals surface area (Å²) in [5.41, 5.74) is 5.81. The summed E-state index contributed by atoms with van der Waals surface area (Å²) in [7, 11) is 0. The Balaban J connectivity index is 1.11. The first-order chi connectivity index (χ1) is 16.7. The van der Waals surface area contributed by atoms with E-state index in [-0.39, 0.29) is 18.4 Å². The second-order valence-electron chi connectivity index (χ2n) is 8.46. The monoisotopic (exact) mass is 466 g/mol. The van der Waals surface area contributed by atoms with Gasteiger partial charge in [0.15, 0.2) is 0 Å². The lowest BCUT2D eigenvalue weighted by Gasteiger charge is -2.13. The number of carbonyl (C=O) groups is 1. The van der Waals surface area contributed by atoms with Gasteiger partial charge in [-0.05, 0) is 47.2 Å². The molecule has 0 spiro atoms. The Kier molecular flexibility index (Phi) is 5.39. The van der Waals surface area contributed by atoms with Crippen molar-refractivity contribution < 1.29 is 9.21 Å². The van der Waals surface area contributed by atoms with Crippen molar-refractivity contribution >= 4 is 27.5 Å². The highest BCUT2D eigenvalue weighted by molar-refractivity contribution is 7.18. The molecule has 1 unspecified atom stereocenters. The largest absolute Gasteiger partial charge is 0.424 e. The molecule has 1 N–H and O–H groups in total. The number of nitrogens with zero attached hydrogens (tertiary/aromatic N) is 3. The van der Waals surface area contributed by atoms with Gasteiger partial charge < -0.3 is 9.73 Å². The van der Waals surface area contributed by atoms with Crippen LogP contribution in [0.2, 0.25) is 0 Å². The quantitative estimate of drug-likeness (QED) is 0.368. The summed E-state index contributed by atoms with van der Waals surface area (Å²) in [6.07, 6.45) is 2.43. The molecule has 7 heteroatoms. The van der Waals surface area contributed by atoms with Gasteiger partial charge in [-0.15, -0.1) is 21.5 Å². The average Bonchev–Trinajstić information content (AvgIpc) is 3.58. The molecule has 168 valence electrons. The van der Waals surface area contributed by atoms with Crippen LogP contribution in [0.5, 0.6) is 0 Å². The molecule has 6 nitrogen and oxygen atoms in total. The maximum Gasteiger partial charge on any atom is 0.229 e. The molecule has 1 aliphatic carbocycles. The minimum Gasteiger partial charge on any atom is -0.424 e. The number of rotatable bonds is 6. The molecule has 0 saturated carbocycles. The van der Waals surface area contributed by atoms with Crippen LogP contribution in [0.25, 0.3) is 21.3 Å². The van der Waals surface area contributed by atoms with Crippen molar-refractivity contribution in [3.05, 3.63) is 101 Å². The number of hydrogen-bond acceptors (Lipinski definition) is 6. The van der Waals surface area contributed by atoms with Crippen LogP contribution < -0.4 is 5.32 Å². The van der Waals surface area contributed by atoms with Gasteiger partial charge in [0.2, 0.25) is 17.7 Å². The molecule has 2 heterocycles. The Hall–Kier alpha value is -3.84. The van der Waals surface area contributed by atoms with Crippen LogP contribution >= 0.6 is 11.3 Å². The summed E-state index contributed by atoms with van der Waals surface area (Å²) in [6, 6.07) is 24.9. The highest BCUT2D eigenvalue weighted by atomic mass is 32.1. The number of aryl methyl sites for hydroxylation is 1. The molecule has 5 aromatic rings. The molecule has 3 aromatic carbocycles. The molecule has 0 bridgehead atoms. The third kappa shape index (κ3) is 4.22. The van der Waals surface area contributed by atoms with Crippen LogP contribution in [-0.4, -0.2) is 21.1 Å². The Bertz CT molecular complexity index is 1470. The number of amides is 1. The van der Waals surface area contributed by atoms with Crippen molar-refractivity contribution in [3.8, 4) is 11.1 Å². The third-order valence-corrected chi connectivity index (χ3v) is 7.15. The van der Waals surface area contributed by atoms with Gasteiger partial charge in [-0.25, -0.2) is 4.98 Å². The predicted molar refractivity (Wildman–Crippen MR) is 132 cm³/mol. The highest BCUT2D eigenvalue weighted by Crippen LogP contribution is 2.31. The molecule has 2 aromatic heterocycles. The van der Waals surface area contributed by atoms with Gasteiger partial charge in [0.05, 0.1) is 22.7 Å². The van der Waals surface area contributed by atoms with Gasteiger partial charge in [0.25, 0.3) is 0 Å². The van der Waals surface area contributed by atoms with E-state index in [1.807, 2.05) is 36.4 Å². The fourth-order valence-corrected chi connectivity index (χ4v) is 5.51. The number of fused-ring (bicyclic) bond motifs is 2. The highest BCUT2D eigenvalue weighted by Gasteiger charge is 2.24. The Labute approximate surface area is 200 Å². The molecular weight excluding hydrogens is 444 g/mol. The van der Waals surface area contributed by atoms with Crippen LogP contribution in [0.1, 0.15) is 40.4 Å². The lowest BCUT2D eigenvalue weighted by Crippen LogP contribution is -2.28. The van der Waals surface area contributed by atoms with Crippen LogP contribution in [0.3, 0.4) is 0 Å². The van der Waals surface area contributed by atoms with Gasteiger partial charge >= 0.3 is 0 Å². The van der Waals surface area contributed by atoms with E-state index in [2.05, 4.69) is 51.9 Å². The molecule has 1 atom stereocenters. The molecule has 1 aliphatic rings. The SMILES string of the molecule is O=C(Cc1nnc(Cc2nc3ccc(-c4ccccc4)cc3s2)o1)NC1CCc2ccccc21. The van der Waals surface area contributed by atoms with Crippen LogP contribution in [0.4, 0.5) is 0 Å². The van der Waals surface area contributed by atoms with Crippen LogP contribution in [0.15, 0.2) is 77.2 Å². The van der Waals surface area contributed by atoms with E-state index in [9.17, 15) is 4.79 Å². The van der Waals surface area contributed by atoms with E-state index in [0.29, 0.717) is 18.2 Å². The number of aromatic nitrogens is 3. The van der Waals surface area contributed by atoms with Gasteiger partial charge in [0.1, 0.15) is 11.4 Å². The van der Waals surface area contributed by atoms with Gasteiger partial charge in [-0.3, -0.25) is 4.79 Å². The molecular formula is C27H22N4O2S. The van der Waals surface area contributed by atoms with Crippen molar-refractivity contribution in [2.45, 2.75) is 31.7 Å². The number of thiazole rings is 1. The van der Waals surface area contributed by atoms with Crippen molar-refractivity contribution in [2.24, 2.45) is 0 Å². The molecule has 1 amide bonds. The summed E-state index contributed by atoms with van der Waals surface area (Å²) in [5.74, 6) is 0.688. The van der Waals surface area contributed by atoms with Crippen LogP contribution in [-0.2, 0) is 24.1 Å². The number of hydrogen-bond donors (Lipinski definition) is 1. The average molecular weight is 467 g/mol. The lowest BCUT2D eigenvalue weighted by atomic mass is 10.1. The Morgan fingerprint density at radius 3 is 2.71 bits per heavy atom. The summed E-state index contributed by atoms with van der Waals surface area (Å²) < 4.78 is 6.88. The summed E-state index contributed by atoms with van der Waals surface area (Å²) in [4.78, 5) is 17.3. The van der Waals surface area contributed by atoms with E-state index in [0.717, 1.165) is 28.1 Å². The number of carbonyl (C=O) groups excluding carboxylic acids is 1. The zero-order valence-electron chi connectivity index (χ0n) is 18.4. The van der Waals surface area contributed by atoms with Gasteiger partial charge in [-0.1, -0.05) is 60.7 Å². The van der Waals surface area contributed by atoms with Crippen molar-refractivity contribution in [3.63, 3.8) is 0 Å². The summed E-state index contributed by atoms with van der Waals surface area (Å²) in [5, 5.41) is 12.2. The maximum absolute atomic E-state index is 12.6. The second-order valence-corrected chi connectivity index (χ2v) is 9.57. The molecule has 0 fully saturated rings. The van der Waals surface area contributed by atoms with E-state index < -0.39 is 0 Å². The minimum absolute atomic E-state index is 0.0506. The first-order valence-electron chi connectivity index (χ1n) is 11.3. The number of nitrogens with one attached hydrogen (secondary N) is 1. The topological polar surface area (TPSA) is 80.9 Å². The van der Waals surface area contributed by atoms with Crippen molar-refractivity contribution in [2.75, 3.05) is 0 Å². The number of benzene rings is 3. The second kappa shape index (κ2) is 8.83. The first-order valence-corrected chi connectivity index (χ1v) is 12.2. The first kappa shape index (κ1) is 20.7. The lowest BCUT2D eigenvalue weighted by molar-refractivity contribution is -0.121. The summed E-state index contributed by atoms with van der Waals surface area (Å²) in [6.45, 7) is 0. The standard InChI is InChI=1S/C27H22N4O2S/c32-24(28-21-12-10-18-8-4-5-9-20(18)21)15-25-30-31-26(33-25)16-27-29-22-13-11-19(14-23(22)34-27)17-6-2-1-3-7-17/h1-9,11,13-14,21H,10,12,15-16H2,(H,28,32). The van der Waals surface area contributed by atoms with Gasteiger partial charge in [0, 0.05) is 0 Å². The third-order valence-electron chi connectivity index (χ3n) is 6.13. The Morgan fingerprint density at radius 2 is 1.79 bits per heavy atom. The normalized spacial score (nSPS) is 14.9. The fourth-order valence-electron chi connectivity index (χ4n) is 4.51. The van der Waals surface area contributed by atoms with Crippen molar-refractivity contribution in [1.29, 1.82) is 0 Å². The minimum atomic E-state index is -0.106. The Morgan fingerprint density at radius 1 is 0.971 bits per heavy atom. The molecule has 6 rings (SSSR count). The predicted octanol–water partition coefficient (Wildman–Crippen LogP) is 5.28.